The molecule has 0 saturated carbocycles. The van der Waals surface area contributed by atoms with Crippen LogP contribution in [0.5, 0.6) is 0 Å². The largest absolute Gasteiger partial charge is 0.387 e. The molecule has 0 aliphatic heterocycles. The molecule has 20 heavy (non-hydrogen) atoms. The number of aliphatic hydroxyl groups excluding tert-OH is 1. The standard InChI is InChI=1S/C16H16FNO2/c1-11-6-8-12(9-7-11)15(19)10-18-16(20)13-4-2-3-5-14(13)17/h2-9,15,19H,10H2,1H3,(H,18,20). The topological polar surface area (TPSA) is 49.3 Å². The number of halogens is 1. The molecule has 0 spiro atoms. The molecule has 104 valence electrons. The van der Waals surface area contributed by atoms with Crippen molar-refractivity contribution in [3.8, 4) is 0 Å². The molecule has 2 aromatic carbocycles. The van der Waals surface area contributed by atoms with Crippen LogP contribution in [0.1, 0.15) is 27.6 Å². The third-order valence-corrected chi connectivity index (χ3v) is 3.04. The maximum Gasteiger partial charge on any atom is 0.254 e. The number of carbonyl (C=O) groups is 1. The Labute approximate surface area is 117 Å². The summed E-state index contributed by atoms with van der Waals surface area (Å²) in [6.45, 7) is 1.99. The normalized spacial score (nSPS) is 11.9. The Kier molecular flexibility index (Phi) is 4.48. The van der Waals surface area contributed by atoms with E-state index in [-0.39, 0.29) is 12.1 Å². The Hall–Kier alpha value is -2.20. The maximum absolute atomic E-state index is 13.4. The first kappa shape index (κ1) is 14.2. The van der Waals surface area contributed by atoms with E-state index in [4.69, 9.17) is 0 Å². The van der Waals surface area contributed by atoms with Crippen LogP contribution in [0.2, 0.25) is 0 Å². The number of aryl methyl sites for hydroxylation is 1. The van der Waals surface area contributed by atoms with E-state index in [9.17, 15) is 14.3 Å². The van der Waals surface area contributed by atoms with Crippen LogP contribution in [-0.4, -0.2) is 17.6 Å². The molecule has 1 atom stereocenters. The first-order valence-electron chi connectivity index (χ1n) is 6.35. The molecule has 0 heterocycles. The summed E-state index contributed by atoms with van der Waals surface area (Å²) in [5.41, 5.74) is 1.78. The van der Waals surface area contributed by atoms with Gasteiger partial charge < -0.3 is 10.4 Å². The summed E-state index contributed by atoms with van der Waals surface area (Å²) in [6.07, 6.45) is -0.814. The van der Waals surface area contributed by atoms with E-state index >= 15 is 0 Å². The number of carbonyl (C=O) groups excluding carboxylic acids is 1. The highest BCUT2D eigenvalue weighted by Crippen LogP contribution is 2.13. The number of amides is 1. The maximum atomic E-state index is 13.4. The molecule has 0 radical (unpaired) electrons. The minimum absolute atomic E-state index is 0.0244. The zero-order valence-corrected chi connectivity index (χ0v) is 11.1. The molecule has 4 heteroatoms. The minimum atomic E-state index is -0.814. The zero-order chi connectivity index (χ0) is 14.5. The lowest BCUT2D eigenvalue weighted by Gasteiger charge is -2.12. The molecule has 2 N–H and O–H groups in total. The van der Waals surface area contributed by atoms with Crippen LogP contribution in [0, 0.1) is 12.7 Å². The summed E-state index contributed by atoms with van der Waals surface area (Å²) in [5, 5.41) is 12.5. The van der Waals surface area contributed by atoms with Crippen LogP contribution in [0.3, 0.4) is 0 Å². The highest BCUT2D eigenvalue weighted by Gasteiger charge is 2.13. The molecule has 0 bridgehead atoms. The Morgan fingerprint density at radius 3 is 2.50 bits per heavy atom. The van der Waals surface area contributed by atoms with Crippen LogP contribution in [0.25, 0.3) is 0 Å². The quantitative estimate of drug-likeness (QED) is 0.899. The predicted molar refractivity (Wildman–Crippen MR) is 74.9 cm³/mol. The van der Waals surface area contributed by atoms with Crippen molar-refractivity contribution < 1.29 is 14.3 Å². The van der Waals surface area contributed by atoms with Crippen LogP contribution in [0.15, 0.2) is 48.5 Å². The van der Waals surface area contributed by atoms with Gasteiger partial charge in [0, 0.05) is 6.54 Å². The number of rotatable bonds is 4. The second-order valence-corrected chi connectivity index (χ2v) is 4.62. The van der Waals surface area contributed by atoms with Gasteiger partial charge in [-0.1, -0.05) is 42.0 Å². The van der Waals surface area contributed by atoms with Crippen molar-refractivity contribution in [2.75, 3.05) is 6.54 Å². The molecular formula is C16H16FNO2. The lowest BCUT2D eigenvalue weighted by molar-refractivity contribution is 0.0912. The Morgan fingerprint density at radius 1 is 1.20 bits per heavy atom. The minimum Gasteiger partial charge on any atom is -0.387 e. The molecule has 1 unspecified atom stereocenters. The average molecular weight is 273 g/mol. The van der Waals surface area contributed by atoms with Crippen molar-refractivity contribution in [2.24, 2.45) is 0 Å². The number of hydrogen-bond donors (Lipinski definition) is 2. The summed E-state index contributed by atoms with van der Waals surface area (Å²) >= 11 is 0. The summed E-state index contributed by atoms with van der Waals surface area (Å²) in [5.74, 6) is -1.11. The van der Waals surface area contributed by atoms with Crippen LogP contribution in [-0.2, 0) is 0 Å². The first-order valence-corrected chi connectivity index (χ1v) is 6.35. The molecule has 2 rings (SSSR count). The van der Waals surface area contributed by atoms with Crippen LogP contribution >= 0.6 is 0 Å². The van der Waals surface area contributed by atoms with Gasteiger partial charge in [-0.25, -0.2) is 4.39 Å². The van der Waals surface area contributed by atoms with Gasteiger partial charge in [0.05, 0.1) is 11.7 Å². The van der Waals surface area contributed by atoms with E-state index in [1.807, 2.05) is 19.1 Å². The molecule has 1 amide bonds. The second kappa shape index (κ2) is 6.30. The van der Waals surface area contributed by atoms with Gasteiger partial charge in [0.2, 0.25) is 0 Å². The molecule has 2 aromatic rings. The summed E-state index contributed by atoms with van der Waals surface area (Å²) in [4.78, 5) is 11.8. The third kappa shape index (κ3) is 3.42. The van der Waals surface area contributed by atoms with Gasteiger partial charge in [-0.3, -0.25) is 4.79 Å². The average Bonchev–Trinajstić information content (AvgIpc) is 2.45. The molecule has 0 aliphatic rings. The van der Waals surface area contributed by atoms with E-state index in [0.29, 0.717) is 5.56 Å². The van der Waals surface area contributed by atoms with E-state index < -0.39 is 17.8 Å². The number of hydrogen-bond acceptors (Lipinski definition) is 2. The van der Waals surface area contributed by atoms with E-state index in [1.54, 1.807) is 18.2 Å². The van der Waals surface area contributed by atoms with Crippen molar-refractivity contribution in [3.63, 3.8) is 0 Å². The molecule has 0 fully saturated rings. The lowest BCUT2D eigenvalue weighted by Crippen LogP contribution is -2.29. The molecule has 0 aromatic heterocycles. The third-order valence-electron chi connectivity index (χ3n) is 3.04. The second-order valence-electron chi connectivity index (χ2n) is 4.62. The Bertz CT molecular complexity index is 596. The van der Waals surface area contributed by atoms with Gasteiger partial charge in [0.1, 0.15) is 5.82 Å². The van der Waals surface area contributed by atoms with Crippen molar-refractivity contribution in [1.82, 2.24) is 5.32 Å². The zero-order valence-electron chi connectivity index (χ0n) is 11.1. The molecule has 0 saturated heterocycles. The van der Waals surface area contributed by atoms with Gasteiger partial charge in [-0.2, -0.15) is 0 Å². The fraction of sp³-hybridized carbons (Fsp3) is 0.188. The fourth-order valence-corrected chi connectivity index (χ4v) is 1.84. The first-order chi connectivity index (χ1) is 9.58. The summed E-state index contributed by atoms with van der Waals surface area (Å²) in [7, 11) is 0. The van der Waals surface area contributed by atoms with Gasteiger partial charge in [0.25, 0.3) is 5.91 Å². The SMILES string of the molecule is Cc1ccc(C(O)CNC(=O)c2ccccc2F)cc1. The van der Waals surface area contributed by atoms with Gasteiger partial charge in [-0.15, -0.1) is 0 Å². The van der Waals surface area contributed by atoms with E-state index in [1.165, 1.54) is 18.2 Å². The monoisotopic (exact) mass is 273 g/mol. The van der Waals surface area contributed by atoms with E-state index in [2.05, 4.69) is 5.32 Å². The number of aliphatic hydroxyl groups is 1. The lowest BCUT2D eigenvalue weighted by atomic mass is 10.1. The Morgan fingerprint density at radius 2 is 1.85 bits per heavy atom. The molecular weight excluding hydrogens is 257 g/mol. The highest BCUT2D eigenvalue weighted by atomic mass is 19.1. The van der Waals surface area contributed by atoms with Gasteiger partial charge in [0.15, 0.2) is 0 Å². The Balaban J connectivity index is 1.97. The van der Waals surface area contributed by atoms with Crippen molar-refractivity contribution in [1.29, 1.82) is 0 Å². The predicted octanol–water partition coefficient (Wildman–Crippen LogP) is 2.60. The van der Waals surface area contributed by atoms with Crippen LogP contribution < -0.4 is 5.32 Å². The smallest absolute Gasteiger partial charge is 0.254 e. The van der Waals surface area contributed by atoms with E-state index in [0.717, 1.165) is 5.56 Å². The molecule has 0 aliphatic carbocycles. The molecule has 3 nitrogen and oxygen atoms in total. The van der Waals surface area contributed by atoms with Crippen molar-refractivity contribution >= 4 is 5.91 Å². The number of nitrogens with one attached hydrogen (secondary N) is 1. The summed E-state index contributed by atoms with van der Waals surface area (Å²) < 4.78 is 13.4. The van der Waals surface area contributed by atoms with Gasteiger partial charge in [-0.05, 0) is 24.6 Å². The summed E-state index contributed by atoms with van der Waals surface area (Å²) in [6, 6.07) is 13.1. The number of benzene rings is 2. The fourth-order valence-electron chi connectivity index (χ4n) is 1.84. The van der Waals surface area contributed by atoms with Gasteiger partial charge >= 0.3 is 0 Å². The highest BCUT2D eigenvalue weighted by molar-refractivity contribution is 5.94. The van der Waals surface area contributed by atoms with Crippen molar-refractivity contribution in [2.45, 2.75) is 13.0 Å². The van der Waals surface area contributed by atoms with Crippen molar-refractivity contribution in [3.05, 3.63) is 71.0 Å². The van der Waals surface area contributed by atoms with Crippen LogP contribution in [0.4, 0.5) is 4.39 Å².